The molecule has 1 aliphatic heterocycles. The fourth-order valence-corrected chi connectivity index (χ4v) is 2.64. The third-order valence-electron chi connectivity index (χ3n) is 3.90. The van der Waals surface area contributed by atoms with Gasteiger partial charge in [-0.1, -0.05) is 0 Å². The zero-order valence-corrected chi connectivity index (χ0v) is 13.7. The molecule has 2 rings (SSSR count). The molecule has 1 saturated heterocycles. The SMILES string of the molecule is CNC(=O)C[C@@H]1C(=O)NCCN1Cc1cc(OC)cc(OC)c1. The van der Waals surface area contributed by atoms with Crippen LogP contribution in [-0.4, -0.2) is 57.1 Å². The first-order chi connectivity index (χ1) is 11.1. The number of nitrogens with zero attached hydrogens (tertiary/aromatic N) is 1. The molecule has 1 aliphatic rings. The van der Waals surface area contributed by atoms with Crippen LogP contribution in [0, 0.1) is 0 Å². The molecule has 0 radical (unpaired) electrons. The van der Waals surface area contributed by atoms with Crippen molar-refractivity contribution >= 4 is 11.8 Å². The molecular formula is C16H23N3O4. The van der Waals surface area contributed by atoms with E-state index in [0.29, 0.717) is 31.1 Å². The summed E-state index contributed by atoms with van der Waals surface area (Å²) in [4.78, 5) is 25.8. The van der Waals surface area contributed by atoms with Crippen LogP contribution in [0.15, 0.2) is 18.2 Å². The van der Waals surface area contributed by atoms with Crippen molar-refractivity contribution in [3.05, 3.63) is 23.8 Å². The molecule has 1 atom stereocenters. The standard InChI is InChI=1S/C16H23N3O4/c1-17-15(20)9-14-16(21)18-4-5-19(14)10-11-6-12(22-2)8-13(7-11)23-3/h6-8,14H,4-5,9-10H2,1-3H3,(H,17,20)(H,18,21)/t14-/m1/s1. The van der Waals surface area contributed by atoms with Gasteiger partial charge in [-0.05, 0) is 17.7 Å². The Morgan fingerprint density at radius 2 is 1.96 bits per heavy atom. The Labute approximate surface area is 135 Å². The molecular weight excluding hydrogens is 298 g/mol. The lowest BCUT2D eigenvalue weighted by Crippen LogP contribution is -2.55. The average molecular weight is 321 g/mol. The number of methoxy groups -OCH3 is 2. The first-order valence-electron chi connectivity index (χ1n) is 7.51. The number of carbonyl (C=O) groups excluding carboxylic acids is 2. The van der Waals surface area contributed by atoms with Gasteiger partial charge in [0.05, 0.1) is 26.7 Å². The number of hydrogen-bond donors (Lipinski definition) is 2. The Morgan fingerprint density at radius 3 is 2.52 bits per heavy atom. The highest BCUT2D eigenvalue weighted by atomic mass is 16.5. The zero-order valence-electron chi connectivity index (χ0n) is 13.7. The predicted octanol–water partition coefficient (Wildman–Crippen LogP) is 0.140. The van der Waals surface area contributed by atoms with Crippen LogP contribution in [0.25, 0.3) is 0 Å². The molecule has 0 aliphatic carbocycles. The number of benzene rings is 1. The Bertz CT molecular complexity index is 554. The van der Waals surface area contributed by atoms with Gasteiger partial charge in [-0.15, -0.1) is 0 Å². The monoisotopic (exact) mass is 321 g/mol. The molecule has 0 unspecified atom stereocenters. The number of amides is 2. The van der Waals surface area contributed by atoms with Gasteiger partial charge in [0.25, 0.3) is 0 Å². The van der Waals surface area contributed by atoms with E-state index in [2.05, 4.69) is 10.6 Å². The third kappa shape index (κ3) is 4.35. The van der Waals surface area contributed by atoms with E-state index >= 15 is 0 Å². The van der Waals surface area contributed by atoms with E-state index < -0.39 is 6.04 Å². The summed E-state index contributed by atoms with van der Waals surface area (Å²) in [6, 6.07) is 5.15. The van der Waals surface area contributed by atoms with Crippen LogP contribution in [0.1, 0.15) is 12.0 Å². The second-order valence-electron chi connectivity index (χ2n) is 5.38. The fraction of sp³-hybridized carbons (Fsp3) is 0.500. The Kier molecular flexibility index (Phi) is 5.81. The second kappa shape index (κ2) is 7.82. The van der Waals surface area contributed by atoms with Crippen molar-refractivity contribution in [3.8, 4) is 11.5 Å². The van der Waals surface area contributed by atoms with Gasteiger partial charge in [-0.2, -0.15) is 0 Å². The van der Waals surface area contributed by atoms with Crippen LogP contribution in [0.4, 0.5) is 0 Å². The second-order valence-corrected chi connectivity index (χ2v) is 5.38. The Morgan fingerprint density at radius 1 is 1.30 bits per heavy atom. The van der Waals surface area contributed by atoms with E-state index in [1.807, 2.05) is 17.0 Å². The van der Waals surface area contributed by atoms with Crippen molar-refractivity contribution in [2.75, 3.05) is 34.4 Å². The van der Waals surface area contributed by atoms with Crippen LogP contribution in [0.5, 0.6) is 11.5 Å². The lowest BCUT2D eigenvalue weighted by Gasteiger charge is -2.34. The number of hydrogen-bond acceptors (Lipinski definition) is 5. The minimum absolute atomic E-state index is 0.116. The summed E-state index contributed by atoms with van der Waals surface area (Å²) in [6.07, 6.45) is 0.142. The minimum Gasteiger partial charge on any atom is -0.497 e. The molecule has 0 bridgehead atoms. The van der Waals surface area contributed by atoms with Crippen LogP contribution in [-0.2, 0) is 16.1 Å². The minimum atomic E-state index is -0.471. The maximum atomic E-state index is 12.1. The Hall–Kier alpha value is -2.28. The van der Waals surface area contributed by atoms with E-state index in [0.717, 1.165) is 5.56 Å². The highest BCUT2D eigenvalue weighted by Gasteiger charge is 2.31. The van der Waals surface area contributed by atoms with Gasteiger partial charge in [-0.25, -0.2) is 0 Å². The van der Waals surface area contributed by atoms with E-state index in [-0.39, 0.29) is 18.2 Å². The van der Waals surface area contributed by atoms with Crippen molar-refractivity contribution in [3.63, 3.8) is 0 Å². The van der Waals surface area contributed by atoms with Crippen LogP contribution < -0.4 is 20.1 Å². The number of carbonyl (C=O) groups is 2. The van der Waals surface area contributed by atoms with E-state index in [4.69, 9.17) is 9.47 Å². The van der Waals surface area contributed by atoms with Crippen LogP contribution >= 0.6 is 0 Å². The van der Waals surface area contributed by atoms with Crippen molar-refractivity contribution in [2.24, 2.45) is 0 Å². The van der Waals surface area contributed by atoms with Crippen LogP contribution in [0.3, 0.4) is 0 Å². The summed E-state index contributed by atoms with van der Waals surface area (Å²) in [7, 11) is 4.77. The largest absolute Gasteiger partial charge is 0.497 e. The fourth-order valence-electron chi connectivity index (χ4n) is 2.64. The molecule has 1 fully saturated rings. The topological polar surface area (TPSA) is 79.9 Å². The molecule has 7 nitrogen and oxygen atoms in total. The quantitative estimate of drug-likeness (QED) is 0.779. The molecule has 1 heterocycles. The van der Waals surface area contributed by atoms with Gasteiger partial charge >= 0.3 is 0 Å². The number of nitrogens with one attached hydrogen (secondary N) is 2. The van der Waals surface area contributed by atoms with Crippen molar-refractivity contribution < 1.29 is 19.1 Å². The zero-order chi connectivity index (χ0) is 16.8. The summed E-state index contributed by atoms with van der Waals surface area (Å²) >= 11 is 0. The molecule has 0 aromatic heterocycles. The molecule has 1 aromatic rings. The van der Waals surface area contributed by atoms with Crippen molar-refractivity contribution in [1.82, 2.24) is 15.5 Å². The Balaban J connectivity index is 2.18. The summed E-state index contributed by atoms with van der Waals surface area (Å²) in [5.41, 5.74) is 0.970. The summed E-state index contributed by atoms with van der Waals surface area (Å²) in [5, 5.41) is 5.38. The smallest absolute Gasteiger partial charge is 0.237 e. The van der Waals surface area contributed by atoms with Crippen molar-refractivity contribution in [1.29, 1.82) is 0 Å². The number of piperazine rings is 1. The molecule has 23 heavy (non-hydrogen) atoms. The first kappa shape index (κ1) is 17.1. The first-order valence-corrected chi connectivity index (χ1v) is 7.51. The van der Waals surface area contributed by atoms with Gasteiger partial charge in [-0.3, -0.25) is 14.5 Å². The lowest BCUT2D eigenvalue weighted by molar-refractivity contribution is -0.134. The molecule has 126 valence electrons. The normalized spacial score (nSPS) is 18.2. The van der Waals surface area contributed by atoms with Gasteiger partial charge < -0.3 is 20.1 Å². The van der Waals surface area contributed by atoms with E-state index in [1.165, 1.54) is 0 Å². The van der Waals surface area contributed by atoms with Crippen molar-refractivity contribution in [2.45, 2.75) is 19.0 Å². The lowest BCUT2D eigenvalue weighted by atomic mass is 10.1. The van der Waals surface area contributed by atoms with Crippen LogP contribution in [0.2, 0.25) is 0 Å². The summed E-state index contributed by atoms with van der Waals surface area (Å²) in [5.74, 6) is 1.13. The molecule has 2 amide bonds. The number of rotatable bonds is 6. The number of ether oxygens (including phenoxy) is 2. The molecule has 0 spiro atoms. The van der Waals surface area contributed by atoms with Gasteiger partial charge in [0.1, 0.15) is 11.5 Å². The highest BCUT2D eigenvalue weighted by molar-refractivity contribution is 5.88. The molecule has 0 saturated carbocycles. The molecule has 2 N–H and O–H groups in total. The highest BCUT2D eigenvalue weighted by Crippen LogP contribution is 2.24. The van der Waals surface area contributed by atoms with E-state index in [1.54, 1.807) is 27.3 Å². The van der Waals surface area contributed by atoms with Gasteiger partial charge in [0.15, 0.2) is 0 Å². The van der Waals surface area contributed by atoms with Gasteiger partial charge in [0.2, 0.25) is 11.8 Å². The maximum Gasteiger partial charge on any atom is 0.237 e. The third-order valence-corrected chi connectivity index (χ3v) is 3.90. The summed E-state index contributed by atoms with van der Waals surface area (Å²) < 4.78 is 10.5. The van der Waals surface area contributed by atoms with Gasteiger partial charge in [0, 0.05) is 32.7 Å². The summed E-state index contributed by atoms with van der Waals surface area (Å²) in [6.45, 7) is 1.81. The average Bonchev–Trinajstić information content (AvgIpc) is 2.57. The molecule has 7 heteroatoms. The molecule has 1 aromatic carbocycles. The van der Waals surface area contributed by atoms with E-state index in [9.17, 15) is 9.59 Å². The maximum absolute atomic E-state index is 12.1. The predicted molar refractivity (Wildman–Crippen MR) is 85.4 cm³/mol.